The highest BCUT2D eigenvalue weighted by Crippen LogP contribution is 2.34. The van der Waals surface area contributed by atoms with Gasteiger partial charge >= 0.3 is 11.9 Å². The molecular weight excluding hydrogens is 421 g/mol. The van der Waals surface area contributed by atoms with Crippen LogP contribution in [0.25, 0.3) is 11.1 Å². The van der Waals surface area contributed by atoms with Crippen molar-refractivity contribution in [3.63, 3.8) is 0 Å². The van der Waals surface area contributed by atoms with Gasteiger partial charge < -0.3 is 9.84 Å². The molecule has 0 radical (unpaired) electrons. The predicted molar refractivity (Wildman–Crippen MR) is 116 cm³/mol. The number of carboxylic acids is 1. The Labute approximate surface area is 185 Å². The summed E-state index contributed by atoms with van der Waals surface area (Å²) < 4.78 is 46.5. The quantitative estimate of drug-likeness (QED) is 0.124. The summed E-state index contributed by atoms with van der Waals surface area (Å²) in [6, 6.07) is 5.08. The summed E-state index contributed by atoms with van der Waals surface area (Å²) in [5, 5.41) is 9.20. The summed E-state index contributed by atoms with van der Waals surface area (Å²) in [4.78, 5) is 23.5. The molecule has 0 heterocycles. The Morgan fingerprint density at radius 1 is 0.906 bits per heavy atom. The SMILES string of the molecule is CCCCCCCCCC=CC(=O)Oc1ccc(C(=O)O)cc1-c1ccc(F)c(F)c1F. The minimum atomic E-state index is -1.70. The normalized spacial score (nSPS) is 11.1. The number of aromatic carboxylic acids is 1. The molecule has 0 aliphatic heterocycles. The molecule has 0 fully saturated rings. The van der Waals surface area contributed by atoms with Gasteiger partial charge in [0.05, 0.1) is 5.56 Å². The predicted octanol–water partition coefficient (Wildman–Crippen LogP) is 7.07. The Bertz CT molecular complexity index is 970. The van der Waals surface area contributed by atoms with Crippen molar-refractivity contribution in [1.29, 1.82) is 0 Å². The second kappa shape index (κ2) is 12.7. The van der Waals surface area contributed by atoms with Crippen LogP contribution in [0.4, 0.5) is 13.2 Å². The zero-order chi connectivity index (χ0) is 23.5. The molecule has 2 aromatic carbocycles. The van der Waals surface area contributed by atoms with E-state index in [0.717, 1.165) is 37.5 Å². The molecule has 0 atom stereocenters. The molecule has 0 unspecified atom stereocenters. The number of hydrogen-bond donors (Lipinski definition) is 1. The zero-order valence-corrected chi connectivity index (χ0v) is 18.0. The Kier molecular flexibility index (Phi) is 9.98. The number of unbranched alkanes of at least 4 members (excludes halogenated alkanes) is 7. The van der Waals surface area contributed by atoms with Gasteiger partial charge in [0, 0.05) is 17.2 Å². The minimum absolute atomic E-state index is 0.162. The maximum atomic E-state index is 14.3. The number of ether oxygens (including phenoxy) is 1. The number of benzene rings is 2. The molecule has 0 aliphatic carbocycles. The smallest absolute Gasteiger partial charge is 0.335 e. The monoisotopic (exact) mass is 448 g/mol. The Hall–Kier alpha value is -3.09. The van der Waals surface area contributed by atoms with Crippen molar-refractivity contribution in [2.24, 2.45) is 0 Å². The van der Waals surface area contributed by atoms with Gasteiger partial charge in [-0.3, -0.25) is 0 Å². The fourth-order valence-corrected chi connectivity index (χ4v) is 3.24. The van der Waals surface area contributed by atoms with Gasteiger partial charge in [-0.1, -0.05) is 51.5 Å². The van der Waals surface area contributed by atoms with Gasteiger partial charge in [0.1, 0.15) is 5.75 Å². The average Bonchev–Trinajstić information content (AvgIpc) is 2.77. The van der Waals surface area contributed by atoms with E-state index in [-0.39, 0.29) is 16.9 Å². The molecule has 0 spiro atoms. The van der Waals surface area contributed by atoms with Crippen molar-refractivity contribution < 1.29 is 32.6 Å². The Morgan fingerprint density at radius 2 is 1.59 bits per heavy atom. The third-order valence-corrected chi connectivity index (χ3v) is 4.99. The summed E-state index contributed by atoms with van der Waals surface area (Å²) in [5.41, 5.74) is -0.810. The lowest BCUT2D eigenvalue weighted by molar-refractivity contribution is -0.128. The zero-order valence-electron chi connectivity index (χ0n) is 18.0. The molecule has 0 aliphatic rings. The number of carboxylic acid groups (broad SMARTS) is 1. The maximum Gasteiger partial charge on any atom is 0.335 e. The number of carbonyl (C=O) groups is 2. The van der Waals surface area contributed by atoms with Crippen molar-refractivity contribution in [2.75, 3.05) is 0 Å². The molecule has 32 heavy (non-hydrogen) atoms. The van der Waals surface area contributed by atoms with Crippen LogP contribution < -0.4 is 4.74 Å². The van der Waals surface area contributed by atoms with Crippen molar-refractivity contribution in [1.82, 2.24) is 0 Å². The first-order valence-corrected chi connectivity index (χ1v) is 10.7. The van der Waals surface area contributed by atoms with Crippen LogP contribution in [-0.4, -0.2) is 17.0 Å². The van der Waals surface area contributed by atoms with E-state index in [0.29, 0.717) is 6.42 Å². The summed E-state index contributed by atoms with van der Waals surface area (Å²) in [7, 11) is 0. The van der Waals surface area contributed by atoms with Crippen LogP contribution in [0.5, 0.6) is 5.75 Å². The van der Waals surface area contributed by atoms with Gasteiger partial charge in [-0.25, -0.2) is 22.8 Å². The van der Waals surface area contributed by atoms with Gasteiger partial charge in [0.15, 0.2) is 17.5 Å². The lowest BCUT2D eigenvalue weighted by atomic mass is 10.0. The highest BCUT2D eigenvalue weighted by Gasteiger charge is 2.20. The second-order valence-electron chi connectivity index (χ2n) is 7.47. The lowest BCUT2D eigenvalue weighted by Gasteiger charge is -2.12. The maximum absolute atomic E-state index is 14.3. The molecule has 2 rings (SSSR count). The molecule has 4 nitrogen and oxygen atoms in total. The molecule has 2 aromatic rings. The van der Waals surface area contributed by atoms with Gasteiger partial charge in [-0.15, -0.1) is 0 Å². The highest BCUT2D eigenvalue weighted by atomic mass is 19.2. The highest BCUT2D eigenvalue weighted by molar-refractivity contribution is 5.92. The van der Waals surface area contributed by atoms with Gasteiger partial charge in [0.25, 0.3) is 0 Å². The van der Waals surface area contributed by atoms with Gasteiger partial charge in [-0.2, -0.15) is 0 Å². The molecule has 0 aromatic heterocycles. The number of esters is 1. The van der Waals surface area contributed by atoms with E-state index >= 15 is 0 Å². The van der Waals surface area contributed by atoms with Crippen LogP contribution in [0.15, 0.2) is 42.5 Å². The number of rotatable bonds is 12. The number of halogens is 3. The Balaban J connectivity index is 2.07. The summed E-state index contributed by atoms with van der Waals surface area (Å²) in [5.74, 6) is -6.78. The molecule has 0 amide bonds. The molecule has 1 N–H and O–H groups in total. The van der Waals surface area contributed by atoms with E-state index in [1.807, 2.05) is 0 Å². The van der Waals surface area contributed by atoms with Crippen LogP contribution >= 0.6 is 0 Å². The van der Waals surface area contributed by atoms with Crippen LogP contribution in [0, 0.1) is 17.5 Å². The number of allylic oxidation sites excluding steroid dienone is 1. The first kappa shape index (κ1) is 25.2. The standard InChI is InChI=1S/C25H27F3O4/c1-2-3-4-5-6-7-8-9-10-11-22(29)32-21-15-12-17(25(30)31)16-19(21)18-13-14-20(26)24(28)23(18)27/h10-16H,2-9H2,1H3,(H,30,31). The van der Waals surface area contributed by atoms with Crippen molar-refractivity contribution in [2.45, 2.75) is 58.3 Å². The van der Waals surface area contributed by atoms with Crippen LogP contribution in [0.2, 0.25) is 0 Å². The fourth-order valence-electron chi connectivity index (χ4n) is 3.24. The van der Waals surface area contributed by atoms with Crippen molar-refractivity contribution in [3.8, 4) is 16.9 Å². The summed E-state index contributed by atoms with van der Waals surface area (Å²) in [6.07, 6.45) is 11.7. The molecule has 0 saturated heterocycles. The summed E-state index contributed by atoms with van der Waals surface area (Å²) in [6.45, 7) is 2.17. The lowest BCUT2D eigenvalue weighted by Crippen LogP contribution is -2.07. The van der Waals surface area contributed by atoms with E-state index in [9.17, 15) is 27.9 Å². The molecular formula is C25H27F3O4. The van der Waals surface area contributed by atoms with E-state index < -0.39 is 35.0 Å². The van der Waals surface area contributed by atoms with Crippen LogP contribution in [-0.2, 0) is 4.79 Å². The molecule has 0 bridgehead atoms. The first-order valence-electron chi connectivity index (χ1n) is 10.7. The average molecular weight is 448 g/mol. The molecule has 7 heteroatoms. The van der Waals surface area contributed by atoms with E-state index in [1.54, 1.807) is 6.08 Å². The Morgan fingerprint density at radius 3 is 2.28 bits per heavy atom. The number of hydrogen-bond acceptors (Lipinski definition) is 3. The van der Waals surface area contributed by atoms with Crippen molar-refractivity contribution in [3.05, 3.63) is 65.5 Å². The van der Waals surface area contributed by atoms with Crippen LogP contribution in [0.3, 0.4) is 0 Å². The molecule has 0 saturated carbocycles. The summed E-state index contributed by atoms with van der Waals surface area (Å²) >= 11 is 0. The van der Waals surface area contributed by atoms with E-state index in [2.05, 4.69) is 6.92 Å². The van der Waals surface area contributed by atoms with Crippen molar-refractivity contribution >= 4 is 11.9 Å². The minimum Gasteiger partial charge on any atom is -0.478 e. The number of carbonyl (C=O) groups excluding carboxylic acids is 1. The van der Waals surface area contributed by atoms with Crippen LogP contribution in [0.1, 0.15) is 68.6 Å². The van der Waals surface area contributed by atoms with E-state index in [4.69, 9.17) is 4.74 Å². The van der Waals surface area contributed by atoms with Gasteiger partial charge in [0.2, 0.25) is 0 Å². The topological polar surface area (TPSA) is 63.6 Å². The van der Waals surface area contributed by atoms with Gasteiger partial charge in [-0.05, 0) is 43.2 Å². The third-order valence-electron chi connectivity index (χ3n) is 4.99. The first-order chi connectivity index (χ1) is 15.3. The largest absolute Gasteiger partial charge is 0.478 e. The fraction of sp³-hybridized carbons (Fsp3) is 0.360. The molecule has 172 valence electrons. The second-order valence-corrected chi connectivity index (χ2v) is 7.47. The van der Waals surface area contributed by atoms with E-state index in [1.165, 1.54) is 43.9 Å². The third kappa shape index (κ3) is 7.25.